The van der Waals surface area contributed by atoms with Crippen molar-refractivity contribution >= 4 is 11.8 Å². The van der Waals surface area contributed by atoms with Gasteiger partial charge >= 0.3 is 0 Å². The second-order valence-electron chi connectivity index (χ2n) is 10.7. The standard InChI is InChI=1S/C28H46N10O4/c1-20(39)33-19-25-26(41-12-8-4-2-6-10-34-37-31)14-21(28(40)36-24-17-22(29)16-23(30)18-24)15-27(25)42-13-9-5-3-7-11-35-38-32/h14-15,22-24H,2-13,16-19,29-30H2,1H3,(H,33,39)(H,36,40)/t22-,23+,24?. The van der Waals surface area contributed by atoms with E-state index in [0.29, 0.717) is 61.8 Å². The van der Waals surface area contributed by atoms with Crippen molar-refractivity contribution in [1.82, 2.24) is 10.6 Å². The van der Waals surface area contributed by atoms with E-state index in [4.69, 9.17) is 32.0 Å². The van der Waals surface area contributed by atoms with E-state index < -0.39 is 0 Å². The summed E-state index contributed by atoms with van der Waals surface area (Å²) in [4.78, 5) is 30.7. The molecule has 2 amide bonds. The highest BCUT2D eigenvalue weighted by atomic mass is 16.5. The molecule has 14 heteroatoms. The average Bonchev–Trinajstić information content (AvgIpc) is 2.94. The van der Waals surface area contributed by atoms with Gasteiger partial charge in [0.1, 0.15) is 11.5 Å². The highest BCUT2D eigenvalue weighted by molar-refractivity contribution is 5.95. The lowest BCUT2D eigenvalue weighted by Gasteiger charge is -2.31. The summed E-state index contributed by atoms with van der Waals surface area (Å²) in [5, 5.41) is 13.0. The van der Waals surface area contributed by atoms with E-state index in [1.54, 1.807) is 12.1 Å². The molecular formula is C28H46N10O4. The number of nitrogens with one attached hydrogen (secondary N) is 2. The number of nitrogens with two attached hydrogens (primary N) is 2. The normalized spacial score (nSPS) is 17.8. The van der Waals surface area contributed by atoms with Crippen LogP contribution in [0.3, 0.4) is 0 Å². The number of unbranched alkanes of at least 4 members (excludes halogenated alkanes) is 6. The molecule has 1 aromatic carbocycles. The molecule has 232 valence electrons. The average molecular weight is 587 g/mol. The Morgan fingerprint density at radius 3 is 1.83 bits per heavy atom. The maximum Gasteiger partial charge on any atom is 0.251 e. The van der Waals surface area contributed by atoms with E-state index >= 15 is 0 Å². The summed E-state index contributed by atoms with van der Waals surface area (Å²) >= 11 is 0. The zero-order valence-corrected chi connectivity index (χ0v) is 24.7. The number of amides is 2. The predicted molar refractivity (Wildman–Crippen MR) is 161 cm³/mol. The van der Waals surface area contributed by atoms with E-state index in [-0.39, 0.29) is 36.5 Å². The highest BCUT2D eigenvalue weighted by Gasteiger charge is 2.27. The van der Waals surface area contributed by atoms with Crippen molar-refractivity contribution in [1.29, 1.82) is 0 Å². The van der Waals surface area contributed by atoms with E-state index in [2.05, 4.69) is 30.7 Å². The lowest BCUT2D eigenvalue weighted by molar-refractivity contribution is -0.119. The van der Waals surface area contributed by atoms with E-state index in [1.165, 1.54) is 6.92 Å². The van der Waals surface area contributed by atoms with Crippen LogP contribution in [0.4, 0.5) is 0 Å². The molecule has 0 aliphatic heterocycles. The summed E-state index contributed by atoms with van der Waals surface area (Å²) in [6.45, 7) is 3.40. The summed E-state index contributed by atoms with van der Waals surface area (Å²) in [6.07, 6.45) is 8.83. The molecule has 0 bridgehead atoms. The van der Waals surface area contributed by atoms with Crippen molar-refractivity contribution in [2.24, 2.45) is 21.7 Å². The number of ether oxygens (including phenoxy) is 2. The Bertz CT molecular complexity index is 1030. The lowest BCUT2D eigenvalue weighted by Crippen LogP contribution is -2.49. The molecule has 1 saturated carbocycles. The molecule has 42 heavy (non-hydrogen) atoms. The van der Waals surface area contributed by atoms with E-state index in [0.717, 1.165) is 57.8 Å². The Balaban J connectivity index is 2.18. The summed E-state index contributed by atoms with van der Waals surface area (Å²) in [6, 6.07) is 3.14. The van der Waals surface area contributed by atoms with Crippen LogP contribution < -0.4 is 31.6 Å². The number of benzene rings is 1. The number of carbonyl (C=O) groups is 2. The minimum absolute atomic E-state index is 0.0599. The molecule has 0 heterocycles. The van der Waals surface area contributed by atoms with Gasteiger partial charge in [-0.25, -0.2) is 0 Å². The SMILES string of the molecule is CC(=O)NCc1c(OCCCCCCN=[N+]=[N-])cc(C(=O)NC2C[C@@H](N)C[C@@H](N)C2)cc1OCCCCCCN=[N+]=[N-]. The van der Waals surface area contributed by atoms with Crippen LogP contribution in [0.15, 0.2) is 22.4 Å². The monoisotopic (exact) mass is 586 g/mol. The molecular weight excluding hydrogens is 540 g/mol. The quantitative estimate of drug-likeness (QED) is 0.0728. The van der Waals surface area contributed by atoms with Crippen LogP contribution in [-0.2, 0) is 11.3 Å². The summed E-state index contributed by atoms with van der Waals surface area (Å²) in [7, 11) is 0. The fourth-order valence-corrected chi connectivity index (χ4v) is 4.92. The minimum atomic E-state index is -0.266. The first-order chi connectivity index (χ1) is 20.3. The first kappa shape index (κ1) is 34.5. The number of carbonyl (C=O) groups excluding carboxylic acids is 2. The van der Waals surface area contributed by atoms with Crippen LogP contribution in [0.2, 0.25) is 0 Å². The fourth-order valence-electron chi connectivity index (χ4n) is 4.92. The Hall–Kier alpha value is -3.70. The van der Waals surface area contributed by atoms with Gasteiger partial charge < -0.3 is 31.6 Å². The molecule has 6 N–H and O–H groups in total. The fraction of sp³-hybridized carbons (Fsp3) is 0.714. The van der Waals surface area contributed by atoms with Crippen molar-refractivity contribution < 1.29 is 19.1 Å². The van der Waals surface area contributed by atoms with E-state index in [1.807, 2.05) is 0 Å². The topological polar surface area (TPSA) is 226 Å². The maximum atomic E-state index is 13.4. The van der Waals surface area contributed by atoms with Crippen molar-refractivity contribution in [3.05, 3.63) is 44.1 Å². The molecule has 0 spiro atoms. The van der Waals surface area contributed by atoms with Gasteiger partial charge in [-0.3, -0.25) is 9.59 Å². The molecule has 0 aromatic heterocycles. The zero-order chi connectivity index (χ0) is 30.6. The van der Waals surface area contributed by atoms with Crippen LogP contribution in [0.5, 0.6) is 11.5 Å². The van der Waals surface area contributed by atoms with Crippen LogP contribution >= 0.6 is 0 Å². The molecule has 1 unspecified atom stereocenters. The molecule has 14 nitrogen and oxygen atoms in total. The smallest absolute Gasteiger partial charge is 0.251 e. The third-order valence-electron chi connectivity index (χ3n) is 7.01. The molecule has 1 aliphatic rings. The third-order valence-corrected chi connectivity index (χ3v) is 7.01. The molecule has 1 aromatic rings. The molecule has 1 aliphatic carbocycles. The van der Waals surface area contributed by atoms with Crippen LogP contribution in [0.25, 0.3) is 20.9 Å². The second-order valence-corrected chi connectivity index (χ2v) is 10.7. The van der Waals surface area contributed by atoms with Crippen molar-refractivity contribution in [3.8, 4) is 11.5 Å². The Morgan fingerprint density at radius 2 is 1.36 bits per heavy atom. The number of rotatable bonds is 20. The molecule has 2 rings (SSSR count). The largest absolute Gasteiger partial charge is 0.493 e. The summed E-state index contributed by atoms with van der Waals surface area (Å²) < 4.78 is 12.3. The first-order valence-electron chi connectivity index (χ1n) is 14.8. The number of azide groups is 2. The second kappa shape index (κ2) is 20.2. The van der Waals surface area contributed by atoms with Crippen LogP contribution in [0.1, 0.15) is 93.5 Å². The van der Waals surface area contributed by atoms with Crippen molar-refractivity contribution in [3.63, 3.8) is 0 Å². The molecule has 0 radical (unpaired) electrons. The third kappa shape index (κ3) is 13.8. The number of hydrogen-bond acceptors (Lipinski definition) is 8. The van der Waals surface area contributed by atoms with Gasteiger partial charge in [0.2, 0.25) is 5.91 Å². The Morgan fingerprint density at radius 1 is 0.857 bits per heavy atom. The van der Waals surface area contributed by atoms with Crippen LogP contribution in [-0.4, -0.2) is 56.2 Å². The minimum Gasteiger partial charge on any atom is -0.493 e. The first-order valence-corrected chi connectivity index (χ1v) is 14.8. The van der Waals surface area contributed by atoms with Gasteiger partial charge in [-0.2, -0.15) is 0 Å². The van der Waals surface area contributed by atoms with E-state index in [9.17, 15) is 9.59 Å². The van der Waals surface area contributed by atoms with Gasteiger partial charge in [-0.05, 0) is 68.1 Å². The molecule has 0 saturated heterocycles. The van der Waals surface area contributed by atoms with Gasteiger partial charge in [-0.15, -0.1) is 0 Å². The maximum absolute atomic E-state index is 13.4. The predicted octanol–water partition coefficient (Wildman–Crippen LogP) is 4.76. The number of hydrogen-bond donors (Lipinski definition) is 4. The van der Waals surface area contributed by atoms with Crippen LogP contribution in [0, 0.1) is 0 Å². The molecule has 1 fully saturated rings. The van der Waals surface area contributed by atoms with Gasteiger partial charge in [0.15, 0.2) is 0 Å². The van der Waals surface area contributed by atoms with Crippen molar-refractivity contribution in [2.45, 2.75) is 102 Å². The van der Waals surface area contributed by atoms with Gasteiger partial charge in [0.05, 0.1) is 25.3 Å². The summed E-state index contributed by atoms with van der Waals surface area (Å²) in [5.41, 5.74) is 30.1. The highest BCUT2D eigenvalue weighted by Crippen LogP contribution is 2.32. The van der Waals surface area contributed by atoms with Gasteiger partial charge in [0.25, 0.3) is 5.91 Å². The van der Waals surface area contributed by atoms with Gasteiger partial charge in [-0.1, -0.05) is 35.9 Å². The van der Waals surface area contributed by atoms with Gasteiger partial charge in [0, 0.05) is 53.5 Å². The van der Waals surface area contributed by atoms with Crippen molar-refractivity contribution in [2.75, 3.05) is 26.3 Å². The Kier molecular flexibility index (Phi) is 16.6. The summed E-state index contributed by atoms with van der Waals surface area (Å²) in [5.74, 6) is 0.496. The Labute approximate surface area is 247 Å². The lowest BCUT2D eigenvalue weighted by atomic mass is 9.88. The number of nitrogens with zero attached hydrogens (tertiary/aromatic N) is 6. The zero-order valence-electron chi connectivity index (χ0n) is 24.7. The molecule has 3 atom stereocenters.